The fraction of sp³-hybridized carbons (Fsp3) is 0.667. The lowest BCUT2D eigenvalue weighted by Crippen LogP contribution is -2.36. The van der Waals surface area contributed by atoms with Crippen molar-refractivity contribution >= 4 is 11.5 Å². The van der Waals surface area contributed by atoms with Crippen LogP contribution in [0.3, 0.4) is 0 Å². The van der Waals surface area contributed by atoms with Crippen molar-refractivity contribution in [1.29, 1.82) is 0 Å². The number of nitrogen functional groups attached to an aromatic ring is 1. The molecule has 0 fully saturated rings. The summed E-state index contributed by atoms with van der Waals surface area (Å²) in [5.41, 5.74) is 6.57. The van der Waals surface area contributed by atoms with Gasteiger partial charge in [-0.1, -0.05) is 27.7 Å². The van der Waals surface area contributed by atoms with Crippen LogP contribution >= 0.6 is 0 Å². The van der Waals surface area contributed by atoms with Gasteiger partial charge in [-0.15, -0.1) is 0 Å². The lowest BCUT2D eigenvalue weighted by molar-refractivity contribution is 0.307. The molecule has 0 spiro atoms. The molecule has 0 atom stereocenters. The van der Waals surface area contributed by atoms with E-state index in [0.29, 0.717) is 18.2 Å². The number of hydrogen-bond acceptors (Lipinski definition) is 4. The average Bonchev–Trinajstić information content (AvgIpc) is 2.45. The number of rotatable bonds is 8. The van der Waals surface area contributed by atoms with Crippen LogP contribution in [0.4, 0.5) is 11.5 Å². The Morgan fingerprint density at radius 3 is 2.32 bits per heavy atom. The fourth-order valence-electron chi connectivity index (χ4n) is 2.12. The van der Waals surface area contributed by atoms with Crippen LogP contribution in [0.1, 0.15) is 53.4 Å². The van der Waals surface area contributed by atoms with E-state index in [2.05, 4.69) is 38.0 Å². The first-order valence-corrected chi connectivity index (χ1v) is 7.28. The van der Waals surface area contributed by atoms with Crippen LogP contribution in [0.2, 0.25) is 0 Å². The van der Waals surface area contributed by atoms with Gasteiger partial charge in [0.25, 0.3) is 0 Å². The number of ether oxygens (including phenoxy) is 1. The normalized spacial score (nSPS) is 11.4. The van der Waals surface area contributed by atoms with E-state index in [1.165, 1.54) is 0 Å². The molecule has 4 heteroatoms. The summed E-state index contributed by atoms with van der Waals surface area (Å²) >= 11 is 0. The quantitative estimate of drug-likeness (QED) is 0.750. The Kier molecular flexibility index (Phi) is 5.93. The molecule has 0 aromatic carbocycles. The van der Waals surface area contributed by atoms with Crippen molar-refractivity contribution < 1.29 is 4.74 Å². The van der Waals surface area contributed by atoms with E-state index in [1.54, 1.807) is 0 Å². The number of anilines is 2. The minimum Gasteiger partial charge on any atom is -0.476 e. The molecular weight excluding hydrogens is 238 g/mol. The largest absolute Gasteiger partial charge is 0.476 e. The van der Waals surface area contributed by atoms with E-state index >= 15 is 0 Å². The van der Waals surface area contributed by atoms with Crippen molar-refractivity contribution in [2.24, 2.45) is 0 Å². The van der Waals surface area contributed by atoms with Gasteiger partial charge in [0.2, 0.25) is 5.88 Å². The van der Waals surface area contributed by atoms with Gasteiger partial charge in [-0.2, -0.15) is 4.98 Å². The molecule has 0 aliphatic rings. The first-order valence-electron chi connectivity index (χ1n) is 7.28. The van der Waals surface area contributed by atoms with Gasteiger partial charge in [-0.3, -0.25) is 0 Å². The molecule has 0 amide bonds. The summed E-state index contributed by atoms with van der Waals surface area (Å²) in [6.07, 6.45) is 4.15. The fourth-order valence-corrected chi connectivity index (χ4v) is 2.12. The van der Waals surface area contributed by atoms with E-state index in [9.17, 15) is 0 Å². The van der Waals surface area contributed by atoms with E-state index in [-0.39, 0.29) is 5.54 Å². The number of hydrogen-bond donors (Lipinski definition) is 2. The summed E-state index contributed by atoms with van der Waals surface area (Å²) < 4.78 is 5.57. The Labute approximate surface area is 116 Å². The number of nitrogens with one attached hydrogen (secondary N) is 1. The monoisotopic (exact) mass is 265 g/mol. The van der Waals surface area contributed by atoms with Gasteiger partial charge in [0, 0.05) is 5.54 Å². The molecule has 4 nitrogen and oxygen atoms in total. The molecule has 1 aromatic rings. The molecule has 3 N–H and O–H groups in total. The molecule has 108 valence electrons. The second-order valence-electron chi connectivity index (χ2n) is 4.91. The summed E-state index contributed by atoms with van der Waals surface area (Å²) in [5.74, 6) is 1.37. The zero-order valence-corrected chi connectivity index (χ0v) is 12.6. The van der Waals surface area contributed by atoms with Crippen LogP contribution in [0, 0.1) is 0 Å². The van der Waals surface area contributed by atoms with Crippen molar-refractivity contribution in [2.75, 3.05) is 17.7 Å². The Morgan fingerprint density at radius 1 is 1.16 bits per heavy atom. The molecule has 0 aliphatic heterocycles. The van der Waals surface area contributed by atoms with E-state index < -0.39 is 0 Å². The molecule has 1 rings (SSSR count). The molecule has 0 aliphatic carbocycles. The zero-order valence-electron chi connectivity index (χ0n) is 12.6. The summed E-state index contributed by atoms with van der Waals surface area (Å²) in [6.45, 7) is 9.30. The number of nitrogens with zero attached hydrogens (tertiary/aromatic N) is 1. The van der Waals surface area contributed by atoms with Crippen LogP contribution in [0.15, 0.2) is 12.1 Å². The summed E-state index contributed by atoms with van der Waals surface area (Å²) in [4.78, 5) is 4.48. The van der Waals surface area contributed by atoms with Gasteiger partial charge in [0.15, 0.2) is 0 Å². The van der Waals surface area contributed by atoms with E-state index in [4.69, 9.17) is 10.5 Å². The van der Waals surface area contributed by atoms with Gasteiger partial charge in [0.05, 0.1) is 12.3 Å². The predicted molar refractivity (Wildman–Crippen MR) is 81.7 cm³/mol. The lowest BCUT2D eigenvalue weighted by Gasteiger charge is -2.32. The van der Waals surface area contributed by atoms with E-state index in [1.807, 2.05) is 12.1 Å². The second-order valence-corrected chi connectivity index (χ2v) is 4.91. The third-order valence-electron chi connectivity index (χ3n) is 3.76. The minimum absolute atomic E-state index is 0.102. The van der Waals surface area contributed by atoms with Gasteiger partial charge in [-0.05, 0) is 37.8 Å². The number of aromatic nitrogens is 1. The SMILES string of the molecule is CCCOc1nc(NC(CC)(CC)CC)ccc1N. The topological polar surface area (TPSA) is 60.2 Å². The Morgan fingerprint density at radius 2 is 1.79 bits per heavy atom. The molecule has 0 radical (unpaired) electrons. The van der Waals surface area contributed by atoms with Gasteiger partial charge in [0.1, 0.15) is 5.82 Å². The maximum absolute atomic E-state index is 5.88. The summed E-state index contributed by atoms with van der Waals surface area (Å²) in [6, 6.07) is 3.77. The smallest absolute Gasteiger partial charge is 0.239 e. The molecule has 19 heavy (non-hydrogen) atoms. The third kappa shape index (κ3) is 4.01. The number of pyridine rings is 1. The number of nitrogens with two attached hydrogens (primary N) is 1. The lowest BCUT2D eigenvalue weighted by atomic mass is 9.90. The van der Waals surface area contributed by atoms with Crippen LogP contribution in [-0.2, 0) is 0 Å². The van der Waals surface area contributed by atoms with Crippen molar-refractivity contribution in [3.8, 4) is 5.88 Å². The van der Waals surface area contributed by atoms with E-state index in [0.717, 1.165) is 31.5 Å². The molecular formula is C15H27N3O. The molecule has 0 saturated heterocycles. The summed E-state index contributed by atoms with van der Waals surface area (Å²) in [5, 5.41) is 3.54. The highest BCUT2D eigenvalue weighted by atomic mass is 16.5. The van der Waals surface area contributed by atoms with Crippen molar-refractivity contribution in [2.45, 2.75) is 58.9 Å². The Balaban J connectivity index is 2.89. The molecule has 0 unspecified atom stereocenters. The standard InChI is InChI=1S/C15H27N3O/c1-5-11-19-14-12(16)9-10-13(17-14)18-15(6-2,7-3)8-4/h9-10H,5-8,11,16H2,1-4H3,(H,17,18). The summed E-state index contributed by atoms with van der Waals surface area (Å²) in [7, 11) is 0. The van der Waals surface area contributed by atoms with Gasteiger partial charge in [-0.25, -0.2) is 0 Å². The highest BCUT2D eigenvalue weighted by molar-refractivity contribution is 5.54. The highest BCUT2D eigenvalue weighted by Crippen LogP contribution is 2.27. The predicted octanol–water partition coefficient (Wildman–Crippen LogP) is 3.83. The molecule has 0 saturated carbocycles. The van der Waals surface area contributed by atoms with Crippen LogP contribution in [0.25, 0.3) is 0 Å². The van der Waals surface area contributed by atoms with Crippen LogP contribution < -0.4 is 15.8 Å². The van der Waals surface area contributed by atoms with Crippen LogP contribution in [-0.4, -0.2) is 17.1 Å². The van der Waals surface area contributed by atoms with Crippen molar-refractivity contribution in [3.05, 3.63) is 12.1 Å². The second kappa shape index (κ2) is 7.22. The third-order valence-corrected chi connectivity index (χ3v) is 3.76. The van der Waals surface area contributed by atoms with Gasteiger partial charge < -0.3 is 15.8 Å². The Bertz CT molecular complexity index is 381. The van der Waals surface area contributed by atoms with Crippen molar-refractivity contribution in [1.82, 2.24) is 4.98 Å². The molecule has 1 heterocycles. The zero-order chi connectivity index (χ0) is 14.3. The van der Waals surface area contributed by atoms with Crippen LogP contribution in [0.5, 0.6) is 5.88 Å². The first-order chi connectivity index (χ1) is 9.10. The maximum atomic E-state index is 5.88. The molecule has 0 bridgehead atoms. The first kappa shape index (κ1) is 15.6. The maximum Gasteiger partial charge on any atom is 0.239 e. The minimum atomic E-state index is 0.102. The highest BCUT2D eigenvalue weighted by Gasteiger charge is 2.24. The average molecular weight is 265 g/mol. The van der Waals surface area contributed by atoms with Gasteiger partial charge >= 0.3 is 0 Å². The Hall–Kier alpha value is -1.45. The molecule has 1 aromatic heterocycles. The van der Waals surface area contributed by atoms with Crippen molar-refractivity contribution in [3.63, 3.8) is 0 Å².